The largest absolute Gasteiger partial charge is 0.504 e. The van der Waals surface area contributed by atoms with Crippen molar-refractivity contribution >= 4 is 5.82 Å². The van der Waals surface area contributed by atoms with Crippen LogP contribution >= 0.6 is 0 Å². The first-order chi connectivity index (χ1) is 7.11. The number of rotatable bonds is 1. The molecule has 4 nitrogen and oxygen atoms in total. The Morgan fingerprint density at radius 3 is 2.73 bits per heavy atom. The predicted molar refractivity (Wildman–Crippen MR) is 54.7 cm³/mol. The summed E-state index contributed by atoms with van der Waals surface area (Å²) in [6.07, 6.45) is 1.49. The molecule has 1 aromatic heterocycles. The molecule has 1 aromatic carbocycles. The van der Waals surface area contributed by atoms with Crippen LogP contribution in [-0.4, -0.2) is 14.9 Å². The van der Waals surface area contributed by atoms with Gasteiger partial charge < -0.3 is 10.8 Å². The Morgan fingerprint density at radius 2 is 2.13 bits per heavy atom. The van der Waals surface area contributed by atoms with Gasteiger partial charge in [0.15, 0.2) is 11.6 Å². The van der Waals surface area contributed by atoms with Crippen molar-refractivity contribution in [2.75, 3.05) is 5.73 Å². The van der Waals surface area contributed by atoms with Gasteiger partial charge in [0.2, 0.25) is 0 Å². The first-order valence-electron chi connectivity index (χ1n) is 4.36. The monoisotopic (exact) mass is 207 g/mol. The van der Waals surface area contributed by atoms with Gasteiger partial charge in [0.1, 0.15) is 5.82 Å². The fourth-order valence-corrected chi connectivity index (χ4v) is 1.39. The Hall–Kier alpha value is -2.04. The molecular formula is C10H10FN3O. The number of nitrogens with zero attached hydrogens (tertiary/aromatic N) is 2. The number of benzene rings is 1. The predicted octanol–water partition coefficient (Wildman–Crippen LogP) is 1.51. The van der Waals surface area contributed by atoms with Gasteiger partial charge in [-0.25, -0.2) is 4.39 Å². The Bertz CT molecular complexity index is 507. The number of para-hydroxylation sites is 1. The van der Waals surface area contributed by atoms with E-state index in [-0.39, 0.29) is 0 Å². The number of aryl methyl sites for hydroxylation is 1. The number of hydrogen-bond donors (Lipinski definition) is 2. The maximum atomic E-state index is 13.1. The van der Waals surface area contributed by atoms with E-state index in [1.165, 1.54) is 23.0 Å². The summed E-state index contributed by atoms with van der Waals surface area (Å²) < 4.78 is 14.5. The zero-order valence-corrected chi connectivity index (χ0v) is 8.11. The van der Waals surface area contributed by atoms with Crippen molar-refractivity contribution in [3.8, 4) is 16.9 Å². The number of phenolic OH excluding ortho intramolecular Hbond substituents is 1. The molecule has 0 aliphatic rings. The molecule has 0 radical (unpaired) electrons. The molecule has 0 spiro atoms. The van der Waals surface area contributed by atoms with E-state index in [9.17, 15) is 9.50 Å². The minimum atomic E-state index is -0.671. The third-order valence-electron chi connectivity index (χ3n) is 2.26. The lowest BCUT2D eigenvalue weighted by atomic mass is 10.1. The van der Waals surface area contributed by atoms with Crippen molar-refractivity contribution in [2.45, 2.75) is 0 Å². The van der Waals surface area contributed by atoms with Crippen LogP contribution < -0.4 is 5.73 Å². The third-order valence-corrected chi connectivity index (χ3v) is 2.26. The highest BCUT2D eigenvalue weighted by atomic mass is 19.1. The van der Waals surface area contributed by atoms with Crippen molar-refractivity contribution in [1.82, 2.24) is 9.78 Å². The van der Waals surface area contributed by atoms with Crippen molar-refractivity contribution < 1.29 is 9.50 Å². The summed E-state index contributed by atoms with van der Waals surface area (Å²) in [5.74, 6) is -0.691. The van der Waals surface area contributed by atoms with Gasteiger partial charge in [0.25, 0.3) is 0 Å². The number of aromatic nitrogens is 2. The molecule has 2 aromatic rings. The normalized spacial score (nSPS) is 10.5. The molecule has 0 fully saturated rings. The van der Waals surface area contributed by atoms with Gasteiger partial charge in [-0.2, -0.15) is 5.10 Å². The Kier molecular flexibility index (Phi) is 2.07. The molecule has 0 saturated carbocycles. The topological polar surface area (TPSA) is 64.1 Å². The number of aromatic hydroxyl groups is 1. The van der Waals surface area contributed by atoms with Crippen molar-refractivity contribution in [1.29, 1.82) is 0 Å². The van der Waals surface area contributed by atoms with Crippen LogP contribution in [-0.2, 0) is 7.05 Å². The van der Waals surface area contributed by atoms with Gasteiger partial charge in [-0.15, -0.1) is 0 Å². The zero-order valence-electron chi connectivity index (χ0n) is 8.11. The molecule has 5 heteroatoms. The Balaban J connectivity index is 2.64. The SMILES string of the molecule is Cn1ncc(-c2cccc(F)c2O)c1N. The number of anilines is 1. The minimum absolute atomic E-state index is 0.348. The van der Waals surface area contributed by atoms with E-state index in [1.807, 2.05) is 0 Å². The van der Waals surface area contributed by atoms with Gasteiger partial charge >= 0.3 is 0 Å². The zero-order chi connectivity index (χ0) is 11.0. The van der Waals surface area contributed by atoms with E-state index < -0.39 is 11.6 Å². The molecule has 3 N–H and O–H groups in total. The van der Waals surface area contributed by atoms with Crippen LogP contribution in [0.3, 0.4) is 0 Å². The van der Waals surface area contributed by atoms with E-state index in [0.717, 1.165) is 0 Å². The summed E-state index contributed by atoms with van der Waals surface area (Å²) in [5.41, 5.74) is 6.59. The quantitative estimate of drug-likeness (QED) is 0.745. The first kappa shape index (κ1) is 9.51. The van der Waals surface area contributed by atoms with Gasteiger partial charge in [-0.3, -0.25) is 4.68 Å². The van der Waals surface area contributed by atoms with Gasteiger partial charge in [0, 0.05) is 18.2 Å². The highest BCUT2D eigenvalue weighted by Gasteiger charge is 2.13. The second-order valence-corrected chi connectivity index (χ2v) is 3.20. The lowest BCUT2D eigenvalue weighted by Gasteiger charge is -2.04. The molecule has 0 unspecified atom stereocenters. The highest BCUT2D eigenvalue weighted by molar-refractivity contribution is 5.78. The van der Waals surface area contributed by atoms with E-state index >= 15 is 0 Å². The fraction of sp³-hybridized carbons (Fsp3) is 0.100. The second kappa shape index (κ2) is 3.27. The fourth-order valence-electron chi connectivity index (χ4n) is 1.39. The number of phenols is 1. The summed E-state index contributed by atoms with van der Waals surface area (Å²) in [5, 5.41) is 13.4. The molecule has 15 heavy (non-hydrogen) atoms. The maximum Gasteiger partial charge on any atom is 0.165 e. The average Bonchev–Trinajstić information content (AvgIpc) is 2.53. The number of halogens is 1. The van der Waals surface area contributed by atoms with Crippen LogP contribution in [0.4, 0.5) is 10.2 Å². The molecule has 0 aliphatic carbocycles. The standard InChI is InChI=1S/C10H10FN3O/c1-14-10(12)7(5-13-14)6-3-2-4-8(11)9(6)15/h2-5,15H,12H2,1H3. The van der Waals surface area contributed by atoms with E-state index in [2.05, 4.69) is 5.10 Å². The summed E-state index contributed by atoms with van der Waals surface area (Å²) in [4.78, 5) is 0. The van der Waals surface area contributed by atoms with Crippen LogP contribution in [0.5, 0.6) is 5.75 Å². The van der Waals surface area contributed by atoms with Gasteiger partial charge in [-0.1, -0.05) is 12.1 Å². The molecule has 0 amide bonds. The number of hydrogen-bond acceptors (Lipinski definition) is 3. The summed E-state index contributed by atoms with van der Waals surface area (Å²) >= 11 is 0. The Morgan fingerprint density at radius 1 is 1.40 bits per heavy atom. The summed E-state index contributed by atoms with van der Waals surface area (Å²) in [6.45, 7) is 0. The lowest BCUT2D eigenvalue weighted by Crippen LogP contribution is -1.98. The lowest BCUT2D eigenvalue weighted by molar-refractivity contribution is 0.434. The second-order valence-electron chi connectivity index (χ2n) is 3.20. The van der Waals surface area contributed by atoms with Crippen molar-refractivity contribution in [3.63, 3.8) is 0 Å². The Labute approximate surface area is 85.8 Å². The number of nitrogens with two attached hydrogens (primary N) is 1. The molecule has 1 heterocycles. The van der Waals surface area contributed by atoms with Gasteiger partial charge in [-0.05, 0) is 6.07 Å². The van der Waals surface area contributed by atoms with Crippen LogP contribution in [0.1, 0.15) is 0 Å². The van der Waals surface area contributed by atoms with E-state index in [1.54, 1.807) is 13.1 Å². The molecular weight excluding hydrogens is 197 g/mol. The smallest absolute Gasteiger partial charge is 0.165 e. The number of nitrogen functional groups attached to an aromatic ring is 1. The van der Waals surface area contributed by atoms with Crippen LogP contribution in [0.15, 0.2) is 24.4 Å². The minimum Gasteiger partial charge on any atom is -0.504 e. The van der Waals surface area contributed by atoms with Crippen molar-refractivity contribution in [2.24, 2.45) is 7.05 Å². The van der Waals surface area contributed by atoms with E-state index in [0.29, 0.717) is 16.9 Å². The summed E-state index contributed by atoms with van der Waals surface area (Å²) in [6, 6.07) is 4.29. The molecule has 0 saturated heterocycles. The summed E-state index contributed by atoms with van der Waals surface area (Å²) in [7, 11) is 1.68. The molecule has 0 atom stereocenters. The highest BCUT2D eigenvalue weighted by Crippen LogP contribution is 2.33. The molecule has 2 rings (SSSR count). The average molecular weight is 207 g/mol. The first-order valence-corrected chi connectivity index (χ1v) is 4.36. The van der Waals surface area contributed by atoms with Crippen LogP contribution in [0.2, 0.25) is 0 Å². The van der Waals surface area contributed by atoms with Crippen LogP contribution in [0, 0.1) is 5.82 Å². The molecule has 0 bridgehead atoms. The van der Waals surface area contributed by atoms with Crippen LogP contribution in [0.25, 0.3) is 11.1 Å². The molecule has 0 aliphatic heterocycles. The third kappa shape index (κ3) is 1.41. The van der Waals surface area contributed by atoms with E-state index in [4.69, 9.17) is 5.73 Å². The maximum absolute atomic E-state index is 13.1. The van der Waals surface area contributed by atoms with Crippen molar-refractivity contribution in [3.05, 3.63) is 30.2 Å². The van der Waals surface area contributed by atoms with Gasteiger partial charge in [0.05, 0.1) is 6.20 Å². The molecule has 78 valence electrons.